The van der Waals surface area contributed by atoms with Crippen LogP contribution in [-0.2, 0) is 0 Å². The zero-order valence-electron chi connectivity index (χ0n) is 17.5. The number of aromatic nitrogens is 1. The minimum Gasteiger partial charge on any atom is -0.256 e. The van der Waals surface area contributed by atoms with E-state index >= 15 is 0 Å². The molecule has 0 saturated heterocycles. The zero-order chi connectivity index (χ0) is 21.9. The summed E-state index contributed by atoms with van der Waals surface area (Å²) in [6, 6.07) is 34.3. The maximum absolute atomic E-state index is 9.27. The number of benzene rings is 5. The van der Waals surface area contributed by atoms with Gasteiger partial charge in [0, 0.05) is 37.3 Å². The highest BCUT2D eigenvalue weighted by Crippen LogP contribution is 2.40. The van der Waals surface area contributed by atoms with Gasteiger partial charge in [-0.3, -0.25) is 4.98 Å². The Bertz CT molecular complexity index is 1940. The summed E-state index contributed by atoms with van der Waals surface area (Å²) in [6.45, 7) is 0. The summed E-state index contributed by atoms with van der Waals surface area (Å²) in [7, 11) is 0. The average molecular weight is 437 g/mol. The molecule has 2 aromatic heterocycles. The van der Waals surface area contributed by atoms with E-state index in [-0.39, 0.29) is 0 Å². The first-order valence-electron chi connectivity index (χ1n) is 10.9. The summed E-state index contributed by atoms with van der Waals surface area (Å²) in [5, 5.41) is 19.0. The smallest absolute Gasteiger partial charge is 0.0992 e. The highest BCUT2D eigenvalue weighted by Gasteiger charge is 2.12. The van der Waals surface area contributed by atoms with Crippen molar-refractivity contribution >= 4 is 63.8 Å². The number of hydrogen-bond donors (Lipinski definition) is 0. The second kappa shape index (κ2) is 6.87. The first kappa shape index (κ1) is 18.3. The van der Waals surface area contributed by atoms with Gasteiger partial charge in [0.2, 0.25) is 0 Å². The summed E-state index contributed by atoms with van der Waals surface area (Å²) >= 11 is 1.75. The van der Waals surface area contributed by atoms with Gasteiger partial charge < -0.3 is 0 Å². The van der Waals surface area contributed by atoms with Crippen LogP contribution in [0.4, 0.5) is 0 Å². The van der Waals surface area contributed by atoms with Crippen LogP contribution in [0.1, 0.15) is 5.56 Å². The Kier molecular flexibility index (Phi) is 3.81. The van der Waals surface area contributed by atoms with Crippen LogP contribution in [-0.4, -0.2) is 4.98 Å². The second-order valence-electron chi connectivity index (χ2n) is 8.38. The number of thiophene rings is 1. The molecule has 0 fully saturated rings. The van der Waals surface area contributed by atoms with Crippen LogP contribution in [0.25, 0.3) is 63.7 Å². The topological polar surface area (TPSA) is 36.7 Å². The van der Waals surface area contributed by atoms with E-state index < -0.39 is 0 Å². The van der Waals surface area contributed by atoms with E-state index in [9.17, 15) is 5.26 Å². The Labute approximate surface area is 194 Å². The molecule has 0 bridgehead atoms. The molecule has 0 unspecified atom stereocenters. The van der Waals surface area contributed by atoms with Crippen LogP contribution in [0.5, 0.6) is 0 Å². The Morgan fingerprint density at radius 3 is 2.33 bits per heavy atom. The summed E-state index contributed by atoms with van der Waals surface area (Å²) in [5.74, 6) is 0. The van der Waals surface area contributed by atoms with Crippen molar-refractivity contribution in [2.75, 3.05) is 0 Å². The molecule has 0 atom stereocenters. The maximum Gasteiger partial charge on any atom is 0.0992 e. The molecule has 152 valence electrons. The zero-order valence-corrected chi connectivity index (χ0v) is 18.4. The number of nitrogens with zero attached hydrogens (tertiary/aromatic N) is 2. The van der Waals surface area contributed by atoms with Gasteiger partial charge in [-0.25, -0.2) is 0 Å². The molecule has 0 aliphatic heterocycles. The molecule has 5 aromatic carbocycles. The molecule has 0 N–H and O–H groups in total. The van der Waals surface area contributed by atoms with Crippen molar-refractivity contribution in [1.29, 1.82) is 5.26 Å². The van der Waals surface area contributed by atoms with Gasteiger partial charge in [-0.05, 0) is 63.3 Å². The molecule has 0 radical (unpaired) electrons. The van der Waals surface area contributed by atoms with Crippen molar-refractivity contribution in [2.24, 2.45) is 0 Å². The number of pyridine rings is 1. The Hall–Kier alpha value is -4.26. The van der Waals surface area contributed by atoms with Crippen LogP contribution in [0.2, 0.25) is 0 Å². The third-order valence-electron chi connectivity index (χ3n) is 6.51. The third kappa shape index (κ3) is 2.75. The molecule has 2 heterocycles. The monoisotopic (exact) mass is 436 g/mol. The molecule has 7 rings (SSSR count). The minimum absolute atomic E-state index is 0.704. The highest BCUT2D eigenvalue weighted by molar-refractivity contribution is 7.25. The van der Waals surface area contributed by atoms with E-state index in [1.165, 1.54) is 42.4 Å². The van der Waals surface area contributed by atoms with Crippen LogP contribution in [0, 0.1) is 11.3 Å². The van der Waals surface area contributed by atoms with E-state index in [2.05, 4.69) is 84.9 Å². The lowest BCUT2D eigenvalue weighted by Gasteiger charge is -2.10. The normalized spacial score (nSPS) is 11.6. The quantitative estimate of drug-likeness (QED) is 0.242. The van der Waals surface area contributed by atoms with Crippen molar-refractivity contribution in [3.8, 4) is 17.3 Å². The predicted octanol–water partition coefficient (Wildman–Crippen LogP) is 8.45. The fraction of sp³-hybridized carbons (Fsp3) is 0. The minimum atomic E-state index is 0.704. The lowest BCUT2D eigenvalue weighted by atomic mass is 9.96. The third-order valence-corrected chi connectivity index (χ3v) is 7.62. The van der Waals surface area contributed by atoms with Crippen LogP contribution < -0.4 is 0 Å². The molecule has 0 aliphatic rings. The fourth-order valence-corrected chi connectivity index (χ4v) is 6.06. The first-order chi connectivity index (χ1) is 16.3. The maximum atomic E-state index is 9.27. The molecule has 7 aromatic rings. The molecule has 0 spiro atoms. The number of rotatable bonds is 1. The van der Waals surface area contributed by atoms with Crippen LogP contribution in [0.3, 0.4) is 0 Å². The molecule has 33 heavy (non-hydrogen) atoms. The summed E-state index contributed by atoms with van der Waals surface area (Å²) < 4.78 is 2.39. The fourth-order valence-electron chi connectivity index (χ4n) is 4.90. The van der Waals surface area contributed by atoms with E-state index in [1.54, 1.807) is 11.3 Å². The number of hydrogen-bond acceptors (Lipinski definition) is 3. The first-order valence-corrected chi connectivity index (χ1v) is 11.7. The Morgan fingerprint density at radius 2 is 1.42 bits per heavy atom. The molecular weight excluding hydrogens is 420 g/mol. The Balaban J connectivity index is 1.50. The lowest BCUT2D eigenvalue weighted by Crippen LogP contribution is -1.87. The van der Waals surface area contributed by atoms with Gasteiger partial charge in [0.15, 0.2) is 0 Å². The largest absolute Gasteiger partial charge is 0.256 e. The number of fused-ring (bicyclic) bond motifs is 7. The van der Waals surface area contributed by atoms with Crippen molar-refractivity contribution in [3.63, 3.8) is 0 Å². The van der Waals surface area contributed by atoms with Gasteiger partial charge in [0.1, 0.15) is 0 Å². The molecule has 0 aliphatic carbocycles. The van der Waals surface area contributed by atoms with Gasteiger partial charge in [-0.2, -0.15) is 5.26 Å². The summed E-state index contributed by atoms with van der Waals surface area (Å²) in [5.41, 5.74) is 2.84. The molecule has 3 heteroatoms. The van der Waals surface area contributed by atoms with Gasteiger partial charge in [0.05, 0.1) is 17.3 Å². The molecule has 0 saturated carbocycles. The van der Waals surface area contributed by atoms with Gasteiger partial charge in [0.25, 0.3) is 0 Å². The lowest BCUT2D eigenvalue weighted by molar-refractivity contribution is 1.36. The van der Waals surface area contributed by atoms with Gasteiger partial charge in [-0.1, -0.05) is 54.6 Å². The van der Waals surface area contributed by atoms with Crippen LogP contribution >= 0.6 is 11.3 Å². The summed E-state index contributed by atoms with van der Waals surface area (Å²) in [4.78, 5) is 4.78. The summed E-state index contributed by atoms with van der Waals surface area (Å²) in [6.07, 6.45) is 1.92. The Morgan fingerprint density at radius 1 is 0.606 bits per heavy atom. The SMILES string of the molecule is N#Cc1ccc2c(c1)sc1cc3c(ccc4c(-c5ccc6ccccc6c5)nccc43)cc12. The van der Waals surface area contributed by atoms with E-state index in [4.69, 9.17) is 4.98 Å². The highest BCUT2D eigenvalue weighted by atomic mass is 32.1. The standard InChI is InChI=1S/C30H16N2S/c31-17-18-5-9-24-27-15-21-8-10-25-23(26(21)16-29(27)33-28(24)13-18)11-12-32-30(25)22-7-6-19-3-1-2-4-20(19)14-22/h1-16H. The van der Waals surface area contributed by atoms with Gasteiger partial charge in [-0.15, -0.1) is 11.3 Å². The van der Waals surface area contributed by atoms with Gasteiger partial charge >= 0.3 is 0 Å². The van der Waals surface area contributed by atoms with Crippen molar-refractivity contribution in [3.05, 3.63) is 103 Å². The second-order valence-corrected chi connectivity index (χ2v) is 9.46. The molecular formula is C30H16N2S. The van der Waals surface area contributed by atoms with Crippen molar-refractivity contribution in [1.82, 2.24) is 4.98 Å². The van der Waals surface area contributed by atoms with E-state index in [0.717, 1.165) is 21.3 Å². The van der Waals surface area contributed by atoms with Crippen molar-refractivity contribution in [2.45, 2.75) is 0 Å². The van der Waals surface area contributed by atoms with Crippen LogP contribution in [0.15, 0.2) is 97.2 Å². The molecule has 2 nitrogen and oxygen atoms in total. The molecule has 0 amide bonds. The number of nitriles is 1. The average Bonchev–Trinajstić information content (AvgIpc) is 3.23. The van der Waals surface area contributed by atoms with E-state index in [0.29, 0.717) is 5.56 Å². The van der Waals surface area contributed by atoms with E-state index in [1.807, 2.05) is 18.3 Å². The predicted molar refractivity (Wildman–Crippen MR) is 140 cm³/mol. The van der Waals surface area contributed by atoms with Crippen molar-refractivity contribution < 1.29 is 0 Å².